The molecule has 0 fully saturated rings. The second-order valence-electron chi connectivity index (χ2n) is 1.69. The van der Waals surface area contributed by atoms with Crippen LogP contribution in [0.2, 0.25) is 0 Å². The first-order chi connectivity index (χ1) is 4.06. The fraction of sp³-hybridized carbons (Fsp3) is 1.00. The Bertz CT molecular complexity index is 153. The molecule has 0 radical (unpaired) electrons. The summed E-state index contributed by atoms with van der Waals surface area (Å²) >= 11 is 0. The predicted molar refractivity (Wildman–Crippen MR) is 30.9 cm³/mol. The molecule has 0 aromatic heterocycles. The molecule has 0 aromatic rings. The van der Waals surface area contributed by atoms with Gasteiger partial charge in [-0.05, 0) is 12.8 Å². The van der Waals surface area contributed by atoms with Crippen LogP contribution in [0.4, 0.5) is 0 Å². The van der Waals surface area contributed by atoms with Crippen LogP contribution in [0.1, 0.15) is 12.8 Å². The average molecular weight is 192 g/mol. The number of rotatable bonds is 4. The molecule has 0 amide bonds. The van der Waals surface area contributed by atoms with Gasteiger partial charge in [0.1, 0.15) is 0 Å². The maximum Gasteiger partial charge on any atom is 1.00 e. The summed E-state index contributed by atoms with van der Waals surface area (Å²) < 4.78 is 29.6. The van der Waals surface area contributed by atoms with Crippen molar-refractivity contribution in [3.8, 4) is 0 Å². The molecule has 10 heavy (non-hydrogen) atoms. The minimum Gasteiger partial charge on any atom is -0.748 e. The fourth-order valence-corrected chi connectivity index (χ4v) is 0.948. The third-order valence-electron chi connectivity index (χ3n) is 0.802. The van der Waals surface area contributed by atoms with Gasteiger partial charge in [-0.1, -0.05) is 0 Å². The van der Waals surface area contributed by atoms with Crippen LogP contribution in [-0.2, 0) is 10.1 Å². The van der Waals surface area contributed by atoms with Crippen LogP contribution in [0.25, 0.3) is 0 Å². The van der Waals surface area contributed by atoms with Crippen LogP contribution < -0.4 is 51.4 Å². The average Bonchev–Trinajstić information content (AvgIpc) is 1.63. The number of unbranched alkanes of at least 4 members (excludes halogenated alkanes) is 1. The molecule has 6 heteroatoms. The van der Waals surface area contributed by atoms with Crippen LogP contribution in [0, 0.1) is 0 Å². The van der Waals surface area contributed by atoms with E-state index in [0.29, 0.717) is 6.42 Å². The van der Waals surface area contributed by atoms with Gasteiger partial charge < -0.3 is 9.66 Å². The van der Waals surface area contributed by atoms with Gasteiger partial charge in [-0.3, -0.25) is 0 Å². The molecule has 0 unspecified atom stereocenters. The van der Waals surface area contributed by atoms with E-state index in [9.17, 15) is 13.0 Å². The maximum absolute atomic E-state index is 9.87. The van der Waals surface area contributed by atoms with Gasteiger partial charge >= 0.3 is 51.4 Å². The summed E-state index contributed by atoms with van der Waals surface area (Å²) in [5, 5.41) is 8.17. The van der Waals surface area contributed by atoms with Crippen LogP contribution in [0.15, 0.2) is 0 Å². The quantitative estimate of drug-likeness (QED) is 0.283. The standard InChI is InChI=1S/C4H10O4S.K/c5-3-1-2-4-9(6,7)8;/h5H,1-4H2,(H,6,7,8);/q;+1/p-1. The fourth-order valence-electron chi connectivity index (χ4n) is 0.391. The van der Waals surface area contributed by atoms with E-state index < -0.39 is 10.1 Å². The van der Waals surface area contributed by atoms with Crippen molar-refractivity contribution in [3.05, 3.63) is 0 Å². The Balaban J connectivity index is 0. The largest absolute Gasteiger partial charge is 1.00 e. The van der Waals surface area contributed by atoms with E-state index in [1.807, 2.05) is 0 Å². The van der Waals surface area contributed by atoms with Gasteiger partial charge in [0.15, 0.2) is 0 Å². The summed E-state index contributed by atoms with van der Waals surface area (Å²) in [6, 6.07) is 0. The molecule has 0 spiro atoms. The zero-order valence-corrected chi connectivity index (χ0v) is 9.85. The summed E-state index contributed by atoms with van der Waals surface area (Å²) in [6.07, 6.45) is 0.629. The Morgan fingerprint density at radius 2 is 1.80 bits per heavy atom. The van der Waals surface area contributed by atoms with Gasteiger partial charge in [0, 0.05) is 12.4 Å². The van der Waals surface area contributed by atoms with Crippen LogP contribution in [0.3, 0.4) is 0 Å². The molecule has 0 aliphatic carbocycles. The molecule has 0 saturated carbocycles. The second kappa shape index (κ2) is 7.17. The topological polar surface area (TPSA) is 77.4 Å². The first-order valence-corrected chi connectivity index (χ1v) is 4.18. The van der Waals surface area contributed by atoms with E-state index in [1.165, 1.54) is 0 Å². The molecular formula is C4H9KO4S. The SMILES string of the molecule is O=S(=O)([O-])CCCCO.[K+]. The van der Waals surface area contributed by atoms with Crippen molar-refractivity contribution in [2.24, 2.45) is 0 Å². The molecule has 1 N–H and O–H groups in total. The number of aliphatic hydroxyl groups excluding tert-OH is 1. The van der Waals surface area contributed by atoms with Crippen LogP contribution in [0.5, 0.6) is 0 Å². The third-order valence-corrected chi connectivity index (χ3v) is 1.59. The van der Waals surface area contributed by atoms with Crippen LogP contribution in [-0.4, -0.2) is 30.4 Å². The third kappa shape index (κ3) is 12.2. The van der Waals surface area contributed by atoms with Crippen molar-refractivity contribution in [2.45, 2.75) is 12.8 Å². The van der Waals surface area contributed by atoms with E-state index in [4.69, 9.17) is 5.11 Å². The number of aliphatic hydroxyl groups is 1. The van der Waals surface area contributed by atoms with Gasteiger partial charge in [-0.15, -0.1) is 0 Å². The first-order valence-electron chi connectivity index (χ1n) is 2.60. The minimum atomic E-state index is -4.06. The maximum atomic E-state index is 9.87. The van der Waals surface area contributed by atoms with E-state index in [-0.39, 0.29) is 70.2 Å². The molecule has 0 saturated heterocycles. The molecule has 0 rings (SSSR count). The second-order valence-corrected chi connectivity index (χ2v) is 3.22. The van der Waals surface area contributed by atoms with Crippen molar-refractivity contribution >= 4 is 10.1 Å². The molecule has 0 atom stereocenters. The Morgan fingerprint density at radius 1 is 1.30 bits per heavy atom. The van der Waals surface area contributed by atoms with Crippen molar-refractivity contribution in [3.63, 3.8) is 0 Å². The molecule has 0 bridgehead atoms. The minimum absolute atomic E-state index is 0. The molecule has 56 valence electrons. The van der Waals surface area contributed by atoms with Crippen molar-refractivity contribution in [2.75, 3.05) is 12.4 Å². The normalized spacial score (nSPS) is 10.6. The smallest absolute Gasteiger partial charge is 0.748 e. The Morgan fingerprint density at radius 3 is 2.10 bits per heavy atom. The number of hydrogen-bond acceptors (Lipinski definition) is 4. The van der Waals surface area contributed by atoms with Crippen molar-refractivity contribution in [1.82, 2.24) is 0 Å². The monoisotopic (exact) mass is 192 g/mol. The van der Waals surface area contributed by atoms with Crippen molar-refractivity contribution < 1.29 is 69.5 Å². The molecule has 0 aromatic carbocycles. The van der Waals surface area contributed by atoms with Crippen LogP contribution >= 0.6 is 0 Å². The molecule has 0 aliphatic rings. The van der Waals surface area contributed by atoms with Gasteiger partial charge in [-0.2, -0.15) is 0 Å². The van der Waals surface area contributed by atoms with E-state index in [2.05, 4.69) is 0 Å². The summed E-state index contributed by atoms with van der Waals surface area (Å²) in [5.41, 5.74) is 0. The predicted octanol–water partition coefficient (Wildman–Crippen LogP) is -3.69. The Hall–Kier alpha value is 1.51. The van der Waals surface area contributed by atoms with Gasteiger partial charge in [0.25, 0.3) is 0 Å². The van der Waals surface area contributed by atoms with Gasteiger partial charge in [0.2, 0.25) is 0 Å². The summed E-state index contributed by atoms with van der Waals surface area (Å²) in [6.45, 7) is -0.0600. The van der Waals surface area contributed by atoms with E-state index >= 15 is 0 Å². The van der Waals surface area contributed by atoms with E-state index in [0.717, 1.165) is 0 Å². The molecule has 0 heterocycles. The Labute approximate surface area is 103 Å². The molecular weight excluding hydrogens is 183 g/mol. The van der Waals surface area contributed by atoms with Gasteiger partial charge in [-0.25, -0.2) is 8.42 Å². The first kappa shape index (κ1) is 14.1. The summed E-state index contributed by atoms with van der Waals surface area (Å²) in [7, 11) is -4.06. The van der Waals surface area contributed by atoms with Gasteiger partial charge in [0.05, 0.1) is 10.1 Å². The zero-order chi connectivity index (χ0) is 7.33. The molecule has 4 nitrogen and oxygen atoms in total. The Kier molecular flexibility index (Phi) is 10.1. The molecule has 0 aliphatic heterocycles. The zero-order valence-electron chi connectivity index (χ0n) is 5.91. The summed E-state index contributed by atoms with van der Waals surface area (Å²) in [4.78, 5) is 0. The van der Waals surface area contributed by atoms with Crippen molar-refractivity contribution in [1.29, 1.82) is 0 Å². The number of hydrogen-bond donors (Lipinski definition) is 1. The summed E-state index contributed by atoms with van der Waals surface area (Å²) in [5.74, 6) is -0.367. The van der Waals surface area contributed by atoms with E-state index in [1.54, 1.807) is 0 Å².